The van der Waals surface area contributed by atoms with Crippen molar-refractivity contribution < 1.29 is 29.4 Å². The molecule has 0 spiro atoms. The van der Waals surface area contributed by atoms with Crippen LogP contribution in [0.25, 0.3) is 0 Å². The number of carboxylic acids is 1. The molecule has 11 N–H and O–H groups in total. The van der Waals surface area contributed by atoms with E-state index in [2.05, 4.69) is 20.9 Å². The maximum atomic E-state index is 12.9. The number of amides is 3. The van der Waals surface area contributed by atoms with Gasteiger partial charge in [-0.2, -0.15) is 11.8 Å². The van der Waals surface area contributed by atoms with E-state index in [1.807, 2.05) is 13.2 Å². The Bertz CT molecular complexity index is 733. The molecule has 0 aromatic rings. The van der Waals surface area contributed by atoms with Crippen LogP contribution in [0.3, 0.4) is 0 Å². The smallest absolute Gasteiger partial charge is 0.326 e. The lowest BCUT2D eigenvalue weighted by molar-refractivity contribution is -0.142. The first-order chi connectivity index (χ1) is 16.3. The molecule has 6 unspecified atom stereocenters. The zero-order valence-electron chi connectivity index (χ0n) is 20.8. The normalized spacial score (nSPS) is 16.1. The highest BCUT2D eigenvalue weighted by Crippen LogP contribution is 2.08. The minimum absolute atomic E-state index is 0.0794. The highest BCUT2D eigenvalue weighted by molar-refractivity contribution is 7.98. The minimum atomic E-state index is -1.38. The molecule has 35 heavy (non-hydrogen) atoms. The van der Waals surface area contributed by atoms with E-state index in [0.717, 1.165) is 0 Å². The number of carbonyl (C=O) groups is 4. The van der Waals surface area contributed by atoms with Gasteiger partial charge in [0.15, 0.2) is 5.96 Å². The third-order valence-electron chi connectivity index (χ3n) is 5.43. The Kier molecular flexibility index (Phi) is 15.7. The number of rotatable bonds is 17. The van der Waals surface area contributed by atoms with Gasteiger partial charge in [-0.3, -0.25) is 19.4 Å². The van der Waals surface area contributed by atoms with Crippen LogP contribution >= 0.6 is 11.8 Å². The molecule has 0 aliphatic rings. The predicted octanol–water partition coefficient (Wildman–Crippen LogP) is -1.91. The van der Waals surface area contributed by atoms with Crippen molar-refractivity contribution >= 4 is 41.4 Å². The Labute approximate surface area is 210 Å². The summed E-state index contributed by atoms with van der Waals surface area (Å²) in [4.78, 5) is 53.7. The number of hydrogen-bond donors (Lipinski definition) is 8. The number of aliphatic imine (C=N–C) groups is 1. The van der Waals surface area contributed by atoms with Gasteiger partial charge in [0.05, 0.1) is 12.1 Å². The quantitative estimate of drug-likeness (QED) is 0.0602. The lowest BCUT2D eigenvalue weighted by Crippen LogP contribution is -2.60. The van der Waals surface area contributed by atoms with E-state index < -0.39 is 54.0 Å². The summed E-state index contributed by atoms with van der Waals surface area (Å²) in [6.45, 7) is 5.15. The molecule has 0 rings (SSSR count). The van der Waals surface area contributed by atoms with Crippen molar-refractivity contribution in [2.45, 2.75) is 76.7 Å². The molecule has 0 aliphatic heterocycles. The molecule has 13 nitrogen and oxygen atoms in total. The second-order valence-electron chi connectivity index (χ2n) is 8.33. The van der Waals surface area contributed by atoms with Gasteiger partial charge >= 0.3 is 5.97 Å². The number of carbonyl (C=O) groups excluding carboxylic acids is 3. The Morgan fingerprint density at radius 3 is 2.06 bits per heavy atom. The van der Waals surface area contributed by atoms with Gasteiger partial charge in [0.2, 0.25) is 17.7 Å². The van der Waals surface area contributed by atoms with Crippen LogP contribution in [0, 0.1) is 5.92 Å². The first-order valence-corrected chi connectivity index (χ1v) is 12.9. The van der Waals surface area contributed by atoms with Crippen LogP contribution in [0.5, 0.6) is 0 Å². The first kappa shape index (κ1) is 32.4. The van der Waals surface area contributed by atoms with Crippen LogP contribution in [0.2, 0.25) is 0 Å². The van der Waals surface area contributed by atoms with E-state index in [4.69, 9.17) is 17.2 Å². The number of carboxylic acid groups (broad SMARTS) is 1. The number of aliphatic carboxylic acids is 1. The summed E-state index contributed by atoms with van der Waals surface area (Å²) in [5, 5.41) is 26.9. The molecule has 0 bridgehead atoms. The van der Waals surface area contributed by atoms with E-state index in [1.165, 1.54) is 18.7 Å². The van der Waals surface area contributed by atoms with Gasteiger partial charge < -0.3 is 43.4 Å². The third-order valence-corrected chi connectivity index (χ3v) is 6.07. The summed E-state index contributed by atoms with van der Waals surface area (Å²) in [6, 6.07) is -4.57. The summed E-state index contributed by atoms with van der Waals surface area (Å²) < 4.78 is 0. The van der Waals surface area contributed by atoms with Crippen molar-refractivity contribution in [1.29, 1.82) is 0 Å². The predicted molar refractivity (Wildman–Crippen MR) is 135 cm³/mol. The zero-order chi connectivity index (χ0) is 27.1. The maximum Gasteiger partial charge on any atom is 0.326 e. The zero-order valence-corrected chi connectivity index (χ0v) is 21.6. The standard InChI is InChI=1S/C21H41N7O6S/c1-5-11(2)15(22)18(31)28-16(12(3)29)19(32)26-13(7-6-9-25-21(23)24)17(30)27-14(20(33)34)8-10-35-4/h11-16,29H,5-10,22H2,1-4H3,(H,26,32)(H,27,30)(H,28,31)(H,33,34)(H4,23,24,25). The number of nitrogens with zero attached hydrogens (tertiary/aromatic N) is 1. The van der Waals surface area contributed by atoms with Crippen molar-refractivity contribution in [1.82, 2.24) is 16.0 Å². The Morgan fingerprint density at radius 2 is 1.57 bits per heavy atom. The van der Waals surface area contributed by atoms with Crippen LogP contribution in [0.15, 0.2) is 4.99 Å². The number of nitrogens with two attached hydrogens (primary N) is 3. The fraction of sp³-hybridized carbons (Fsp3) is 0.762. The molecular formula is C21H41N7O6S. The van der Waals surface area contributed by atoms with Crippen molar-refractivity contribution in [3.05, 3.63) is 0 Å². The van der Waals surface area contributed by atoms with Gasteiger partial charge in [-0.1, -0.05) is 20.3 Å². The number of aliphatic hydroxyl groups is 1. The number of guanidine groups is 1. The van der Waals surface area contributed by atoms with Crippen molar-refractivity contribution in [3.63, 3.8) is 0 Å². The maximum absolute atomic E-state index is 12.9. The molecule has 14 heteroatoms. The van der Waals surface area contributed by atoms with Gasteiger partial charge in [0.1, 0.15) is 18.1 Å². The average molecular weight is 520 g/mol. The first-order valence-electron chi connectivity index (χ1n) is 11.5. The Hall–Kier alpha value is -2.58. The third kappa shape index (κ3) is 12.6. The highest BCUT2D eigenvalue weighted by Gasteiger charge is 2.32. The lowest BCUT2D eigenvalue weighted by atomic mass is 9.98. The van der Waals surface area contributed by atoms with Gasteiger partial charge in [-0.25, -0.2) is 4.79 Å². The molecule has 0 saturated heterocycles. The minimum Gasteiger partial charge on any atom is -0.480 e. The number of nitrogens with one attached hydrogen (secondary N) is 3. The molecule has 0 heterocycles. The highest BCUT2D eigenvalue weighted by atomic mass is 32.2. The molecule has 0 radical (unpaired) electrons. The second kappa shape index (κ2) is 16.9. The molecule has 0 aromatic carbocycles. The van der Waals surface area contributed by atoms with Gasteiger partial charge in [0, 0.05) is 6.54 Å². The molecule has 202 valence electrons. The molecule has 0 saturated carbocycles. The van der Waals surface area contributed by atoms with Crippen molar-refractivity contribution in [3.8, 4) is 0 Å². The molecule has 6 atom stereocenters. The van der Waals surface area contributed by atoms with E-state index in [1.54, 1.807) is 6.92 Å². The monoisotopic (exact) mass is 519 g/mol. The average Bonchev–Trinajstić information content (AvgIpc) is 2.79. The lowest BCUT2D eigenvalue weighted by Gasteiger charge is -2.27. The van der Waals surface area contributed by atoms with Gasteiger partial charge in [-0.05, 0) is 44.1 Å². The largest absolute Gasteiger partial charge is 0.480 e. The molecule has 0 aliphatic carbocycles. The van der Waals surface area contributed by atoms with Crippen molar-refractivity contribution in [2.75, 3.05) is 18.6 Å². The van der Waals surface area contributed by atoms with Crippen molar-refractivity contribution in [2.24, 2.45) is 28.1 Å². The number of thioether (sulfide) groups is 1. The van der Waals surface area contributed by atoms with E-state index >= 15 is 0 Å². The molecule has 0 fully saturated rings. The summed E-state index contributed by atoms with van der Waals surface area (Å²) in [6.07, 6.45) is 1.72. The fourth-order valence-corrected chi connectivity index (χ4v) is 3.44. The van der Waals surface area contributed by atoms with Gasteiger partial charge in [0.25, 0.3) is 0 Å². The number of hydrogen-bond acceptors (Lipinski definition) is 8. The second-order valence-corrected chi connectivity index (χ2v) is 9.31. The van der Waals surface area contributed by atoms with E-state index in [-0.39, 0.29) is 31.3 Å². The van der Waals surface area contributed by atoms with Crippen LogP contribution in [-0.4, -0.2) is 88.7 Å². The van der Waals surface area contributed by atoms with Gasteiger partial charge in [-0.15, -0.1) is 0 Å². The summed E-state index contributed by atoms with van der Waals surface area (Å²) >= 11 is 1.43. The van der Waals surface area contributed by atoms with Crippen LogP contribution in [0.1, 0.15) is 46.5 Å². The van der Waals surface area contributed by atoms with E-state index in [0.29, 0.717) is 18.6 Å². The van der Waals surface area contributed by atoms with E-state index in [9.17, 15) is 29.4 Å². The summed E-state index contributed by atoms with van der Waals surface area (Å²) in [5.74, 6) is -3.14. The molecule has 0 aromatic heterocycles. The molecule has 3 amide bonds. The summed E-state index contributed by atoms with van der Waals surface area (Å²) in [7, 11) is 0. The fourth-order valence-electron chi connectivity index (χ4n) is 2.97. The number of aliphatic hydroxyl groups excluding tert-OH is 1. The molecular weight excluding hydrogens is 478 g/mol. The van der Waals surface area contributed by atoms with Crippen LogP contribution < -0.4 is 33.2 Å². The SMILES string of the molecule is CCC(C)C(N)C(=O)NC(C(=O)NC(CCCN=C(N)N)C(=O)NC(CCSC)C(=O)O)C(C)O. The van der Waals surface area contributed by atoms with Crippen LogP contribution in [0.4, 0.5) is 0 Å². The Balaban J connectivity index is 5.56. The summed E-state index contributed by atoms with van der Waals surface area (Å²) in [5.41, 5.74) is 16.5. The van der Waals surface area contributed by atoms with Crippen LogP contribution in [-0.2, 0) is 19.2 Å². The Morgan fingerprint density at radius 1 is 0.971 bits per heavy atom. The topological polar surface area (TPSA) is 235 Å².